The van der Waals surface area contributed by atoms with Gasteiger partial charge in [-0.25, -0.2) is 9.78 Å². The maximum atomic E-state index is 12.8. The molecule has 1 aliphatic rings. The number of likely N-dealkylation sites (tertiary alicyclic amines) is 1. The number of carbonyl (C=O) groups is 1. The van der Waals surface area contributed by atoms with Crippen LogP contribution in [0.4, 0.5) is 4.79 Å². The summed E-state index contributed by atoms with van der Waals surface area (Å²) in [5.41, 5.74) is 0. The minimum Gasteiger partial charge on any atom is -0.461 e. The molecule has 0 radical (unpaired) electrons. The summed E-state index contributed by atoms with van der Waals surface area (Å²) in [6, 6.07) is 3.76. The Morgan fingerprint density at radius 1 is 1.58 bits per heavy atom. The first-order valence-electron chi connectivity index (χ1n) is 8.27. The Kier molecular flexibility index (Phi) is 5.52. The number of aromatic nitrogens is 1. The number of carbonyl (C=O) groups excluding carboxylic acids is 1. The second-order valence-electron chi connectivity index (χ2n) is 5.87. The van der Waals surface area contributed by atoms with Crippen LogP contribution in [-0.4, -0.2) is 29.6 Å². The summed E-state index contributed by atoms with van der Waals surface area (Å²) < 4.78 is 10.9. The van der Waals surface area contributed by atoms with Gasteiger partial charge < -0.3 is 19.4 Å². The molecule has 1 N–H and O–H groups in total. The van der Waals surface area contributed by atoms with Gasteiger partial charge in [-0.05, 0) is 31.4 Å². The Bertz CT molecular complexity index is 656. The molecule has 0 saturated carbocycles. The Hall–Kier alpha value is -1.86. The average Bonchev–Trinajstić information content (AvgIpc) is 3.31. The fraction of sp³-hybridized carbons (Fsp3) is 0.529. The van der Waals surface area contributed by atoms with E-state index in [9.17, 15) is 4.79 Å². The van der Waals surface area contributed by atoms with Crippen molar-refractivity contribution in [2.24, 2.45) is 0 Å². The van der Waals surface area contributed by atoms with Gasteiger partial charge >= 0.3 is 6.03 Å². The molecule has 24 heavy (non-hydrogen) atoms. The van der Waals surface area contributed by atoms with E-state index in [-0.39, 0.29) is 18.1 Å². The number of rotatable bonds is 6. The lowest BCUT2D eigenvalue weighted by atomic mass is 10.1. The normalized spacial score (nSPS) is 18.8. The molecule has 0 aromatic carbocycles. The van der Waals surface area contributed by atoms with Crippen LogP contribution in [0.15, 0.2) is 28.1 Å². The number of hydrogen-bond acceptors (Lipinski definition) is 5. The van der Waals surface area contributed by atoms with Gasteiger partial charge in [0.05, 0.1) is 12.1 Å². The van der Waals surface area contributed by atoms with Crippen molar-refractivity contribution in [3.63, 3.8) is 0 Å². The van der Waals surface area contributed by atoms with Gasteiger partial charge in [0, 0.05) is 25.2 Å². The highest BCUT2D eigenvalue weighted by atomic mass is 32.1. The number of urea groups is 1. The van der Waals surface area contributed by atoms with Crippen molar-refractivity contribution in [3.8, 4) is 0 Å². The summed E-state index contributed by atoms with van der Waals surface area (Å²) >= 11 is 1.57. The third-order valence-corrected chi connectivity index (χ3v) is 5.16. The standard InChI is InChI=1S/C17H23N3O3S/c1-3-13(16-18-8-10-24-16)19-17(21)20-9-4-5-14(20)15-7-6-12(23-15)11-22-2/h6-8,10,13-14H,3-5,9,11H2,1-2H3,(H,19,21)/t13-,14+/m0/s1. The third-order valence-electron chi connectivity index (χ3n) is 4.27. The number of nitrogens with zero attached hydrogens (tertiary/aromatic N) is 2. The average molecular weight is 349 g/mol. The van der Waals surface area contributed by atoms with Crippen LogP contribution in [0.3, 0.4) is 0 Å². The molecule has 7 heteroatoms. The van der Waals surface area contributed by atoms with E-state index in [0.29, 0.717) is 6.61 Å². The predicted octanol–water partition coefficient (Wildman–Crippen LogP) is 3.88. The lowest BCUT2D eigenvalue weighted by Gasteiger charge is -2.26. The van der Waals surface area contributed by atoms with Crippen molar-refractivity contribution in [2.75, 3.05) is 13.7 Å². The molecule has 1 fully saturated rings. The van der Waals surface area contributed by atoms with Gasteiger partial charge in [-0.15, -0.1) is 11.3 Å². The number of thiazole rings is 1. The van der Waals surface area contributed by atoms with Gasteiger partial charge in [0.2, 0.25) is 0 Å². The Morgan fingerprint density at radius 3 is 3.17 bits per heavy atom. The molecule has 3 rings (SSSR count). The second kappa shape index (κ2) is 7.81. The van der Waals surface area contributed by atoms with Gasteiger partial charge in [0.15, 0.2) is 0 Å². The molecule has 2 amide bonds. The zero-order chi connectivity index (χ0) is 16.9. The number of hydrogen-bond donors (Lipinski definition) is 1. The van der Waals surface area contributed by atoms with Crippen LogP contribution in [0.2, 0.25) is 0 Å². The Labute approximate surface area is 145 Å². The van der Waals surface area contributed by atoms with Crippen LogP contribution in [0.25, 0.3) is 0 Å². The topological polar surface area (TPSA) is 67.6 Å². The van der Waals surface area contributed by atoms with Gasteiger partial charge in [0.25, 0.3) is 0 Å². The molecular weight excluding hydrogens is 326 g/mol. The molecule has 130 valence electrons. The predicted molar refractivity (Wildman–Crippen MR) is 91.8 cm³/mol. The third kappa shape index (κ3) is 3.62. The minimum atomic E-state index is -0.0516. The zero-order valence-electron chi connectivity index (χ0n) is 14.0. The van der Waals surface area contributed by atoms with Crippen molar-refractivity contribution in [1.82, 2.24) is 15.2 Å². The van der Waals surface area contributed by atoms with E-state index in [1.165, 1.54) is 0 Å². The summed E-state index contributed by atoms with van der Waals surface area (Å²) in [5, 5.41) is 5.99. The molecule has 0 aliphatic carbocycles. The molecule has 2 aromatic heterocycles. The molecule has 3 heterocycles. The summed E-state index contributed by atoms with van der Waals surface area (Å²) in [7, 11) is 1.64. The van der Waals surface area contributed by atoms with Crippen molar-refractivity contribution >= 4 is 17.4 Å². The van der Waals surface area contributed by atoms with Gasteiger partial charge in [-0.1, -0.05) is 6.92 Å². The van der Waals surface area contributed by atoms with Crippen LogP contribution in [0.1, 0.15) is 54.8 Å². The highest BCUT2D eigenvalue weighted by Gasteiger charge is 2.33. The molecule has 1 saturated heterocycles. The molecule has 0 bridgehead atoms. The summed E-state index contributed by atoms with van der Waals surface area (Å²) in [5.74, 6) is 1.62. The molecule has 0 unspecified atom stereocenters. The van der Waals surface area contributed by atoms with Crippen molar-refractivity contribution in [1.29, 1.82) is 0 Å². The molecule has 2 aromatic rings. The van der Waals surface area contributed by atoms with E-state index in [4.69, 9.17) is 9.15 Å². The lowest BCUT2D eigenvalue weighted by Crippen LogP contribution is -2.41. The smallest absolute Gasteiger partial charge is 0.318 e. The number of nitrogens with one attached hydrogen (secondary N) is 1. The quantitative estimate of drug-likeness (QED) is 0.859. The maximum absolute atomic E-state index is 12.8. The van der Waals surface area contributed by atoms with Crippen LogP contribution in [0, 0.1) is 0 Å². The summed E-state index contributed by atoms with van der Waals surface area (Å²) in [4.78, 5) is 18.9. The molecule has 0 spiro atoms. The summed E-state index contributed by atoms with van der Waals surface area (Å²) in [6.07, 6.45) is 4.48. The molecule has 1 aliphatic heterocycles. The van der Waals surface area contributed by atoms with Crippen LogP contribution in [-0.2, 0) is 11.3 Å². The Balaban J connectivity index is 1.68. The monoisotopic (exact) mass is 349 g/mol. The first-order chi connectivity index (χ1) is 11.7. The van der Waals surface area contributed by atoms with E-state index in [0.717, 1.165) is 42.3 Å². The molecule has 6 nitrogen and oxygen atoms in total. The van der Waals surface area contributed by atoms with Gasteiger partial charge in [-0.3, -0.25) is 0 Å². The Morgan fingerprint density at radius 2 is 2.46 bits per heavy atom. The van der Waals surface area contributed by atoms with E-state index >= 15 is 0 Å². The first kappa shape index (κ1) is 17.0. The lowest BCUT2D eigenvalue weighted by molar-refractivity contribution is 0.155. The molecule has 2 atom stereocenters. The zero-order valence-corrected chi connectivity index (χ0v) is 14.8. The number of methoxy groups -OCH3 is 1. The summed E-state index contributed by atoms with van der Waals surface area (Å²) in [6.45, 7) is 3.24. The van der Waals surface area contributed by atoms with E-state index in [2.05, 4.69) is 17.2 Å². The van der Waals surface area contributed by atoms with E-state index in [1.807, 2.05) is 22.4 Å². The first-order valence-corrected chi connectivity index (χ1v) is 9.15. The fourth-order valence-corrected chi connectivity index (χ4v) is 3.85. The van der Waals surface area contributed by atoms with Crippen LogP contribution >= 0.6 is 11.3 Å². The highest BCUT2D eigenvalue weighted by molar-refractivity contribution is 7.09. The second-order valence-corrected chi connectivity index (χ2v) is 6.80. The number of furan rings is 1. The van der Waals surface area contributed by atoms with E-state index in [1.54, 1.807) is 24.6 Å². The van der Waals surface area contributed by atoms with Crippen molar-refractivity contribution in [3.05, 3.63) is 40.2 Å². The highest BCUT2D eigenvalue weighted by Crippen LogP contribution is 2.33. The fourth-order valence-electron chi connectivity index (χ4n) is 3.08. The van der Waals surface area contributed by atoms with Crippen molar-refractivity contribution in [2.45, 2.75) is 44.9 Å². The number of ether oxygens (including phenoxy) is 1. The van der Waals surface area contributed by atoms with Gasteiger partial charge in [-0.2, -0.15) is 0 Å². The largest absolute Gasteiger partial charge is 0.461 e. The van der Waals surface area contributed by atoms with Crippen LogP contribution < -0.4 is 5.32 Å². The van der Waals surface area contributed by atoms with E-state index < -0.39 is 0 Å². The minimum absolute atomic E-state index is 0.00981. The SMILES string of the molecule is CC[C@H](NC(=O)N1CCC[C@@H]1c1ccc(COC)o1)c1nccs1. The van der Waals surface area contributed by atoms with Crippen molar-refractivity contribution < 1.29 is 13.9 Å². The van der Waals surface area contributed by atoms with Gasteiger partial charge in [0.1, 0.15) is 23.1 Å². The molecular formula is C17H23N3O3S. The number of amides is 2. The maximum Gasteiger partial charge on any atom is 0.318 e. The van der Waals surface area contributed by atoms with Crippen LogP contribution in [0.5, 0.6) is 0 Å².